The minimum absolute atomic E-state index is 0.326. The van der Waals surface area contributed by atoms with Crippen molar-refractivity contribution in [2.75, 3.05) is 0 Å². The zero-order valence-corrected chi connectivity index (χ0v) is 25.2. The van der Waals surface area contributed by atoms with Gasteiger partial charge in [-0.15, -0.1) is 0 Å². The Morgan fingerprint density at radius 3 is 1.08 bits per heavy atom. The lowest BCUT2D eigenvalue weighted by Gasteiger charge is -2.07. The van der Waals surface area contributed by atoms with Gasteiger partial charge in [-0.3, -0.25) is 0 Å². The van der Waals surface area contributed by atoms with Crippen LogP contribution < -0.4 is 0 Å². The molecule has 0 saturated heterocycles. The van der Waals surface area contributed by atoms with E-state index in [9.17, 15) is 10.2 Å². The van der Waals surface area contributed by atoms with Crippen LogP contribution in [0.5, 0.6) is 11.5 Å². The summed E-state index contributed by atoms with van der Waals surface area (Å²) in [4.78, 5) is 0. The standard InChI is InChI=1S/C36H56O3/c1-3-5-7-9-11-13-15-17-19-21-23-29-25-31-32-26-30(24-22-20-18-16-14-12-10-8-6-4-2)34(38)28-36(32)39-35(31)27-33(29)37/h25-28,37-38H,3-24H2,1-2H3. The average molecular weight is 537 g/mol. The summed E-state index contributed by atoms with van der Waals surface area (Å²) in [6.07, 6.45) is 28.1. The van der Waals surface area contributed by atoms with Crippen molar-refractivity contribution in [2.45, 2.75) is 155 Å². The van der Waals surface area contributed by atoms with E-state index in [1.54, 1.807) is 12.1 Å². The molecule has 3 aromatic rings. The Hall–Kier alpha value is -2.16. The number of aromatic hydroxyl groups is 2. The fraction of sp³-hybridized carbons (Fsp3) is 0.667. The summed E-state index contributed by atoms with van der Waals surface area (Å²) in [6, 6.07) is 7.76. The van der Waals surface area contributed by atoms with Crippen LogP contribution in [0.2, 0.25) is 0 Å². The summed E-state index contributed by atoms with van der Waals surface area (Å²) in [7, 11) is 0. The average Bonchev–Trinajstić information content (AvgIpc) is 3.26. The molecule has 0 aliphatic heterocycles. The third-order valence-corrected chi connectivity index (χ3v) is 8.47. The van der Waals surface area contributed by atoms with Gasteiger partial charge in [0.1, 0.15) is 22.7 Å². The first-order valence-corrected chi connectivity index (χ1v) is 16.5. The quantitative estimate of drug-likeness (QED) is 0.126. The largest absolute Gasteiger partial charge is 0.508 e. The third kappa shape index (κ3) is 10.7. The molecule has 3 nitrogen and oxygen atoms in total. The normalized spacial score (nSPS) is 11.7. The van der Waals surface area contributed by atoms with Gasteiger partial charge >= 0.3 is 0 Å². The van der Waals surface area contributed by atoms with Gasteiger partial charge in [0.2, 0.25) is 0 Å². The first kappa shape index (κ1) is 31.4. The molecule has 0 fully saturated rings. The molecule has 0 bridgehead atoms. The Morgan fingerprint density at radius 2 is 0.744 bits per heavy atom. The fourth-order valence-electron chi connectivity index (χ4n) is 5.94. The molecule has 3 heteroatoms. The van der Waals surface area contributed by atoms with Crippen LogP contribution in [0.3, 0.4) is 0 Å². The highest BCUT2D eigenvalue weighted by molar-refractivity contribution is 6.06. The second kappa shape index (κ2) is 18.2. The first-order chi connectivity index (χ1) is 19.1. The van der Waals surface area contributed by atoms with E-state index in [0.29, 0.717) is 22.7 Å². The second-order valence-corrected chi connectivity index (χ2v) is 11.9. The molecule has 0 saturated carbocycles. The number of unbranched alkanes of at least 4 members (excludes halogenated alkanes) is 18. The van der Waals surface area contributed by atoms with Gasteiger partial charge < -0.3 is 14.6 Å². The predicted octanol–water partition coefficient (Wildman–Crippen LogP) is 11.9. The Balaban J connectivity index is 1.46. The monoisotopic (exact) mass is 536 g/mol. The highest BCUT2D eigenvalue weighted by atomic mass is 16.3. The molecule has 2 aromatic carbocycles. The SMILES string of the molecule is CCCCCCCCCCCCc1cc2c(cc1O)oc1cc(O)c(CCCCCCCCCCCC)cc12. The van der Waals surface area contributed by atoms with Gasteiger partial charge in [-0.1, -0.05) is 129 Å². The lowest BCUT2D eigenvalue weighted by atomic mass is 9.99. The molecule has 0 unspecified atom stereocenters. The Morgan fingerprint density at radius 1 is 0.436 bits per heavy atom. The van der Waals surface area contributed by atoms with Crippen LogP contribution in [0.25, 0.3) is 21.9 Å². The summed E-state index contributed by atoms with van der Waals surface area (Å²) in [6.45, 7) is 4.54. The van der Waals surface area contributed by atoms with Gasteiger partial charge in [0.05, 0.1) is 0 Å². The molecule has 3 rings (SSSR count). The molecule has 0 amide bonds. The summed E-state index contributed by atoms with van der Waals surface area (Å²) >= 11 is 0. The van der Waals surface area contributed by atoms with Crippen molar-refractivity contribution in [1.82, 2.24) is 0 Å². The first-order valence-electron chi connectivity index (χ1n) is 16.5. The number of fused-ring (bicyclic) bond motifs is 3. The van der Waals surface area contributed by atoms with Crippen molar-refractivity contribution in [1.29, 1.82) is 0 Å². The van der Waals surface area contributed by atoms with Gasteiger partial charge in [-0.25, -0.2) is 0 Å². The highest BCUT2D eigenvalue weighted by Crippen LogP contribution is 2.37. The molecule has 0 aliphatic carbocycles. The zero-order chi connectivity index (χ0) is 27.7. The molecule has 1 aromatic heterocycles. The number of phenols is 2. The van der Waals surface area contributed by atoms with Gasteiger partial charge in [-0.05, 0) is 48.9 Å². The van der Waals surface area contributed by atoms with E-state index in [1.165, 1.54) is 116 Å². The molecular formula is C36H56O3. The smallest absolute Gasteiger partial charge is 0.139 e. The summed E-state index contributed by atoms with van der Waals surface area (Å²) in [5, 5.41) is 23.4. The number of hydrogen-bond acceptors (Lipinski definition) is 3. The Kier molecular flexibility index (Phi) is 14.7. The molecule has 0 radical (unpaired) electrons. The lowest BCUT2D eigenvalue weighted by Crippen LogP contribution is -1.89. The van der Waals surface area contributed by atoms with Crippen molar-refractivity contribution in [2.24, 2.45) is 0 Å². The van der Waals surface area contributed by atoms with Crippen molar-refractivity contribution in [3.63, 3.8) is 0 Å². The van der Waals surface area contributed by atoms with E-state index in [1.807, 2.05) is 0 Å². The topological polar surface area (TPSA) is 53.6 Å². The number of rotatable bonds is 22. The molecule has 0 spiro atoms. The molecule has 39 heavy (non-hydrogen) atoms. The molecule has 0 aliphatic rings. The maximum Gasteiger partial charge on any atom is 0.139 e. The molecule has 2 N–H and O–H groups in total. The van der Waals surface area contributed by atoms with Crippen LogP contribution >= 0.6 is 0 Å². The van der Waals surface area contributed by atoms with E-state index < -0.39 is 0 Å². The maximum absolute atomic E-state index is 10.6. The number of aryl methyl sites for hydroxylation is 2. The Labute approximate surface area is 238 Å². The fourth-order valence-corrected chi connectivity index (χ4v) is 5.94. The zero-order valence-electron chi connectivity index (χ0n) is 25.2. The van der Waals surface area contributed by atoms with Crippen LogP contribution in [0.1, 0.15) is 153 Å². The van der Waals surface area contributed by atoms with Gasteiger partial charge in [0.25, 0.3) is 0 Å². The van der Waals surface area contributed by atoms with Crippen molar-refractivity contribution in [3.8, 4) is 11.5 Å². The number of benzene rings is 2. The van der Waals surface area contributed by atoms with E-state index in [2.05, 4.69) is 26.0 Å². The third-order valence-electron chi connectivity index (χ3n) is 8.47. The highest BCUT2D eigenvalue weighted by Gasteiger charge is 2.14. The van der Waals surface area contributed by atoms with Crippen LogP contribution in [0.15, 0.2) is 28.7 Å². The second-order valence-electron chi connectivity index (χ2n) is 11.9. The molecule has 218 valence electrons. The van der Waals surface area contributed by atoms with E-state index in [-0.39, 0.29) is 0 Å². The number of phenolic OH excluding ortho intramolecular Hbond substituents is 2. The lowest BCUT2D eigenvalue weighted by molar-refractivity contribution is 0.464. The van der Waals surface area contributed by atoms with Crippen molar-refractivity contribution >= 4 is 21.9 Å². The van der Waals surface area contributed by atoms with E-state index >= 15 is 0 Å². The number of hydrogen-bond donors (Lipinski definition) is 2. The van der Waals surface area contributed by atoms with Gasteiger partial charge in [0.15, 0.2) is 0 Å². The van der Waals surface area contributed by atoms with Crippen LogP contribution in [0, 0.1) is 0 Å². The predicted molar refractivity (Wildman–Crippen MR) is 168 cm³/mol. The summed E-state index contributed by atoms with van der Waals surface area (Å²) < 4.78 is 6.01. The van der Waals surface area contributed by atoms with Crippen LogP contribution in [-0.2, 0) is 12.8 Å². The molecular weight excluding hydrogens is 480 g/mol. The summed E-state index contributed by atoms with van der Waals surface area (Å²) in [5.74, 6) is 0.652. The van der Waals surface area contributed by atoms with Crippen LogP contribution in [0.4, 0.5) is 0 Å². The van der Waals surface area contributed by atoms with E-state index in [0.717, 1.165) is 47.6 Å². The number of furan rings is 1. The summed E-state index contributed by atoms with van der Waals surface area (Å²) in [5.41, 5.74) is 3.41. The van der Waals surface area contributed by atoms with E-state index in [4.69, 9.17) is 4.42 Å². The van der Waals surface area contributed by atoms with Gasteiger partial charge in [0, 0.05) is 22.9 Å². The van der Waals surface area contributed by atoms with Crippen molar-refractivity contribution in [3.05, 3.63) is 35.4 Å². The Bertz CT molecular complexity index is 996. The maximum atomic E-state index is 10.6. The van der Waals surface area contributed by atoms with Crippen molar-refractivity contribution < 1.29 is 14.6 Å². The van der Waals surface area contributed by atoms with Crippen LogP contribution in [-0.4, -0.2) is 10.2 Å². The minimum atomic E-state index is 0.326. The molecule has 1 heterocycles. The minimum Gasteiger partial charge on any atom is -0.508 e. The van der Waals surface area contributed by atoms with Gasteiger partial charge in [-0.2, -0.15) is 0 Å². The molecule has 0 atom stereocenters.